The zero-order chi connectivity index (χ0) is 14.4. The molecule has 2 atom stereocenters. The first-order valence-corrected chi connectivity index (χ1v) is 10.2. The topological polar surface area (TPSA) is 46.2 Å². The Kier molecular flexibility index (Phi) is 6.34. The summed E-state index contributed by atoms with van der Waals surface area (Å²) >= 11 is 0. The van der Waals surface area contributed by atoms with Gasteiger partial charge in [-0.3, -0.25) is 0 Å². The van der Waals surface area contributed by atoms with Gasteiger partial charge in [-0.05, 0) is 38.6 Å². The van der Waals surface area contributed by atoms with Crippen LogP contribution in [0.3, 0.4) is 0 Å². The Bertz CT molecular complexity index is 372. The van der Waals surface area contributed by atoms with Gasteiger partial charge in [-0.2, -0.15) is 0 Å². The van der Waals surface area contributed by atoms with Gasteiger partial charge in [0.2, 0.25) is 0 Å². The predicted octanol–water partition coefficient (Wildman–Crippen LogP) is 3.43. The van der Waals surface area contributed by atoms with Gasteiger partial charge < -0.3 is 5.32 Å². The fourth-order valence-corrected chi connectivity index (χ4v) is 6.54. The van der Waals surface area contributed by atoms with Crippen LogP contribution in [-0.4, -0.2) is 31.5 Å². The lowest BCUT2D eigenvalue weighted by atomic mass is 9.96. The van der Waals surface area contributed by atoms with Crippen molar-refractivity contribution in [1.29, 1.82) is 0 Å². The monoisotopic (exact) mass is 301 g/mol. The van der Waals surface area contributed by atoms with E-state index >= 15 is 0 Å². The van der Waals surface area contributed by atoms with Crippen LogP contribution in [0, 0.1) is 0 Å². The summed E-state index contributed by atoms with van der Waals surface area (Å²) in [6, 6.07) is 0.195. The number of hydrogen-bond acceptors (Lipinski definition) is 3. The van der Waals surface area contributed by atoms with E-state index in [2.05, 4.69) is 12.2 Å². The third-order valence-corrected chi connectivity index (χ3v) is 7.86. The Balaban J connectivity index is 2.12. The molecular formula is C16H31NO2S. The summed E-state index contributed by atoms with van der Waals surface area (Å²) in [5, 5.41) is 3.37. The Morgan fingerprint density at radius 1 is 0.900 bits per heavy atom. The lowest BCUT2D eigenvalue weighted by Crippen LogP contribution is -2.47. The summed E-state index contributed by atoms with van der Waals surface area (Å²) in [6.07, 6.45) is 11.7. The summed E-state index contributed by atoms with van der Waals surface area (Å²) in [4.78, 5) is 0. The molecule has 0 radical (unpaired) electrons. The molecule has 0 bridgehead atoms. The molecule has 2 aliphatic rings. The molecule has 1 N–H and O–H groups in total. The van der Waals surface area contributed by atoms with Crippen LogP contribution in [0.4, 0.5) is 0 Å². The van der Waals surface area contributed by atoms with E-state index in [1.165, 1.54) is 19.3 Å². The molecule has 118 valence electrons. The van der Waals surface area contributed by atoms with Crippen molar-refractivity contribution < 1.29 is 8.42 Å². The van der Waals surface area contributed by atoms with Gasteiger partial charge in [-0.1, -0.05) is 45.4 Å². The Labute approximate surface area is 124 Å². The molecule has 0 saturated heterocycles. The number of rotatable bonds is 5. The van der Waals surface area contributed by atoms with Crippen LogP contribution >= 0.6 is 0 Å². The fraction of sp³-hybridized carbons (Fsp3) is 1.00. The average Bonchev–Trinajstić information content (AvgIpc) is 2.92. The standard InChI is InChI=1S/C16H31NO2S/c1-2-13-17-15-11-5-3-4-6-12-16(15)20(18,19)14-9-7-8-10-14/h14-17H,2-13H2,1H3. The normalized spacial score (nSPS) is 30.1. The van der Waals surface area contributed by atoms with Crippen molar-refractivity contribution in [3.8, 4) is 0 Å². The van der Waals surface area contributed by atoms with Gasteiger partial charge in [0, 0.05) is 6.04 Å². The first-order chi connectivity index (χ1) is 9.66. The molecule has 0 amide bonds. The molecule has 3 nitrogen and oxygen atoms in total. The molecule has 0 aromatic heterocycles. The Morgan fingerprint density at radius 3 is 2.15 bits per heavy atom. The zero-order valence-electron chi connectivity index (χ0n) is 12.9. The average molecular weight is 301 g/mol. The SMILES string of the molecule is CCCNC1CCCCCCC1S(=O)(=O)C1CCCC1. The van der Waals surface area contributed by atoms with Crippen molar-refractivity contribution in [2.75, 3.05) is 6.54 Å². The highest BCUT2D eigenvalue weighted by Gasteiger charge is 2.39. The minimum atomic E-state index is -2.94. The van der Waals surface area contributed by atoms with Gasteiger partial charge >= 0.3 is 0 Å². The van der Waals surface area contributed by atoms with Crippen LogP contribution in [0.2, 0.25) is 0 Å². The van der Waals surface area contributed by atoms with Crippen LogP contribution in [0.25, 0.3) is 0 Å². The van der Waals surface area contributed by atoms with Crippen molar-refractivity contribution >= 4 is 9.84 Å². The molecular weight excluding hydrogens is 270 g/mol. The van der Waals surface area contributed by atoms with E-state index in [-0.39, 0.29) is 16.5 Å². The van der Waals surface area contributed by atoms with Crippen LogP contribution in [-0.2, 0) is 9.84 Å². The van der Waals surface area contributed by atoms with Gasteiger partial charge in [-0.15, -0.1) is 0 Å². The summed E-state index contributed by atoms with van der Waals surface area (Å²) in [7, 11) is -2.94. The highest BCUT2D eigenvalue weighted by molar-refractivity contribution is 7.92. The summed E-state index contributed by atoms with van der Waals surface area (Å²) < 4.78 is 26.0. The number of hydrogen-bond donors (Lipinski definition) is 1. The van der Waals surface area contributed by atoms with Crippen LogP contribution in [0.5, 0.6) is 0 Å². The molecule has 2 unspecified atom stereocenters. The maximum absolute atomic E-state index is 13.0. The van der Waals surface area contributed by atoms with E-state index in [4.69, 9.17) is 0 Å². The molecule has 2 rings (SSSR count). The van der Waals surface area contributed by atoms with Crippen LogP contribution in [0.15, 0.2) is 0 Å². The van der Waals surface area contributed by atoms with E-state index in [1.807, 2.05) is 0 Å². The quantitative estimate of drug-likeness (QED) is 0.846. The third-order valence-electron chi connectivity index (χ3n) is 5.05. The summed E-state index contributed by atoms with van der Waals surface area (Å²) in [5.74, 6) is 0. The summed E-state index contributed by atoms with van der Waals surface area (Å²) in [5.41, 5.74) is 0. The number of sulfone groups is 1. The minimum Gasteiger partial charge on any atom is -0.313 e. The van der Waals surface area contributed by atoms with Crippen LogP contribution in [0.1, 0.15) is 77.6 Å². The molecule has 2 fully saturated rings. The highest BCUT2D eigenvalue weighted by Crippen LogP contribution is 2.32. The lowest BCUT2D eigenvalue weighted by Gasteiger charge is -2.32. The third kappa shape index (κ3) is 3.97. The van der Waals surface area contributed by atoms with Gasteiger partial charge in [-0.25, -0.2) is 8.42 Å². The van der Waals surface area contributed by atoms with E-state index in [0.717, 1.165) is 57.9 Å². The largest absolute Gasteiger partial charge is 0.313 e. The molecule has 0 heterocycles. The maximum Gasteiger partial charge on any atom is 0.157 e. The van der Waals surface area contributed by atoms with E-state index in [9.17, 15) is 8.42 Å². The molecule has 0 aromatic carbocycles. The molecule has 0 spiro atoms. The van der Waals surface area contributed by atoms with Gasteiger partial charge in [0.15, 0.2) is 9.84 Å². The highest BCUT2D eigenvalue weighted by atomic mass is 32.2. The smallest absolute Gasteiger partial charge is 0.157 e. The first-order valence-electron chi connectivity index (χ1n) is 8.62. The van der Waals surface area contributed by atoms with E-state index < -0.39 is 9.84 Å². The molecule has 0 aliphatic heterocycles. The van der Waals surface area contributed by atoms with Crippen molar-refractivity contribution in [1.82, 2.24) is 5.32 Å². The van der Waals surface area contributed by atoms with Gasteiger partial charge in [0.1, 0.15) is 0 Å². The van der Waals surface area contributed by atoms with Crippen molar-refractivity contribution in [2.24, 2.45) is 0 Å². The van der Waals surface area contributed by atoms with Crippen molar-refractivity contribution in [3.63, 3.8) is 0 Å². The fourth-order valence-electron chi connectivity index (χ4n) is 3.87. The van der Waals surface area contributed by atoms with Gasteiger partial charge in [0.05, 0.1) is 10.5 Å². The van der Waals surface area contributed by atoms with E-state index in [1.54, 1.807) is 0 Å². The molecule has 4 heteroatoms. The van der Waals surface area contributed by atoms with Crippen molar-refractivity contribution in [2.45, 2.75) is 94.1 Å². The minimum absolute atomic E-state index is 0.0437. The second-order valence-corrected chi connectivity index (χ2v) is 9.04. The Hall–Kier alpha value is -0.0900. The summed E-state index contributed by atoms with van der Waals surface area (Å²) in [6.45, 7) is 3.09. The zero-order valence-corrected chi connectivity index (χ0v) is 13.8. The lowest BCUT2D eigenvalue weighted by molar-refractivity contribution is 0.385. The maximum atomic E-state index is 13.0. The van der Waals surface area contributed by atoms with E-state index in [0.29, 0.717) is 0 Å². The molecule has 2 aliphatic carbocycles. The molecule has 2 saturated carbocycles. The Morgan fingerprint density at radius 2 is 1.50 bits per heavy atom. The van der Waals surface area contributed by atoms with Crippen LogP contribution < -0.4 is 5.32 Å². The van der Waals surface area contributed by atoms with Gasteiger partial charge in [0.25, 0.3) is 0 Å². The number of nitrogens with one attached hydrogen (secondary N) is 1. The second-order valence-electron chi connectivity index (χ2n) is 6.59. The molecule has 0 aromatic rings. The van der Waals surface area contributed by atoms with Crippen molar-refractivity contribution in [3.05, 3.63) is 0 Å². The predicted molar refractivity (Wildman–Crippen MR) is 84.7 cm³/mol. The second kappa shape index (κ2) is 7.79. The first kappa shape index (κ1) is 16.3. The molecule has 20 heavy (non-hydrogen) atoms.